The van der Waals surface area contributed by atoms with Crippen molar-refractivity contribution in [3.8, 4) is 0 Å². The number of carbonyl (C=O) groups excluding carboxylic acids is 5. The van der Waals surface area contributed by atoms with E-state index >= 15 is 0 Å². The SMILES string of the molecule is CCC(C)C(NC(=O)C(CCC(N)=O)NC(=O)C(C)NC(=O)C(N)CCC(N)=O)C(=O)O. The van der Waals surface area contributed by atoms with E-state index in [1.807, 2.05) is 0 Å². The number of carboxylic acids is 1. The van der Waals surface area contributed by atoms with Crippen LogP contribution in [0.1, 0.15) is 52.9 Å². The van der Waals surface area contributed by atoms with Crippen molar-refractivity contribution in [1.29, 1.82) is 0 Å². The second-order valence-electron chi connectivity index (χ2n) is 7.62. The molecule has 0 radical (unpaired) electrons. The third-order valence-corrected chi connectivity index (χ3v) is 4.88. The van der Waals surface area contributed by atoms with Crippen LogP contribution in [0, 0.1) is 5.92 Å². The minimum atomic E-state index is -1.26. The fraction of sp³-hybridized carbons (Fsp3) is 0.684. The Bertz CT molecular complexity index is 714. The zero-order valence-corrected chi connectivity index (χ0v) is 18.6. The molecule has 0 rings (SSSR count). The Morgan fingerprint density at radius 1 is 0.812 bits per heavy atom. The van der Waals surface area contributed by atoms with Gasteiger partial charge >= 0.3 is 5.97 Å². The lowest BCUT2D eigenvalue weighted by atomic mass is 9.98. The number of carboxylic acid groups (broad SMARTS) is 1. The van der Waals surface area contributed by atoms with E-state index < -0.39 is 59.7 Å². The zero-order chi connectivity index (χ0) is 25.0. The Kier molecular flexibility index (Phi) is 12.6. The van der Waals surface area contributed by atoms with Crippen LogP contribution in [-0.2, 0) is 28.8 Å². The molecule has 10 N–H and O–H groups in total. The Morgan fingerprint density at radius 2 is 1.34 bits per heavy atom. The number of hydrogen-bond donors (Lipinski definition) is 7. The number of rotatable bonds is 15. The molecule has 0 aromatic rings. The maximum atomic E-state index is 12.6. The zero-order valence-electron chi connectivity index (χ0n) is 18.6. The summed E-state index contributed by atoms with van der Waals surface area (Å²) in [6.07, 6.45) is -0.0395. The molecule has 182 valence electrons. The highest BCUT2D eigenvalue weighted by atomic mass is 16.4. The van der Waals surface area contributed by atoms with E-state index in [4.69, 9.17) is 17.2 Å². The van der Waals surface area contributed by atoms with Gasteiger partial charge in [0.2, 0.25) is 29.5 Å². The summed E-state index contributed by atoms with van der Waals surface area (Å²) in [5, 5.41) is 16.5. The minimum Gasteiger partial charge on any atom is -0.480 e. The molecular formula is C19H34N6O7. The molecule has 0 saturated heterocycles. The summed E-state index contributed by atoms with van der Waals surface area (Å²) in [5.74, 6) is -5.23. The Hall–Kier alpha value is -3.22. The maximum Gasteiger partial charge on any atom is 0.326 e. The molecule has 0 aliphatic rings. The number of nitrogens with one attached hydrogen (secondary N) is 3. The summed E-state index contributed by atoms with van der Waals surface area (Å²) < 4.78 is 0. The lowest BCUT2D eigenvalue weighted by molar-refractivity contribution is -0.144. The summed E-state index contributed by atoms with van der Waals surface area (Å²) >= 11 is 0. The minimum absolute atomic E-state index is 0.00859. The molecule has 32 heavy (non-hydrogen) atoms. The highest BCUT2D eigenvalue weighted by Crippen LogP contribution is 2.09. The highest BCUT2D eigenvalue weighted by molar-refractivity contribution is 5.94. The molecule has 0 spiro atoms. The monoisotopic (exact) mass is 458 g/mol. The molecule has 0 saturated carbocycles. The standard InChI is InChI=1S/C19H34N6O7/c1-4-9(2)15(19(31)32)25-18(30)12(6-8-14(22)27)24-16(28)10(3)23-17(29)11(20)5-7-13(21)26/h9-12,15H,4-8,20H2,1-3H3,(H2,21,26)(H2,22,27)(H,23,29)(H,24,28)(H,25,30)(H,31,32). The molecule has 5 amide bonds. The van der Waals surface area contributed by atoms with Crippen LogP contribution in [0.15, 0.2) is 0 Å². The normalized spacial score (nSPS) is 15.4. The second kappa shape index (κ2) is 14.0. The first kappa shape index (κ1) is 28.8. The quantitative estimate of drug-likeness (QED) is 0.137. The summed E-state index contributed by atoms with van der Waals surface area (Å²) in [5.41, 5.74) is 15.8. The van der Waals surface area contributed by atoms with Crippen molar-refractivity contribution in [2.75, 3.05) is 0 Å². The first-order chi connectivity index (χ1) is 14.8. The topological polar surface area (TPSA) is 237 Å². The number of carbonyl (C=O) groups is 6. The van der Waals surface area contributed by atoms with Crippen LogP contribution in [0.4, 0.5) is 0 Å². The predicted octanol–water partition coefficient (Wildman–Crippen LogP) is -2.55. The van der Waals surface area contributed by atoms with Crippen LogP contribution in [0.2, 0.25) is 0 Å². The second-order valence-corrected chi connectivity index (χ2v) is 7.62. The van der Waals surface area contributed by atoms with Crippen LogP contribution in [0.25, 0.3) is 0 Å². The molecule has 0 bridgehead atoms. The van der Waals surface area contributed by atoms with E-state index in [0.717, 1.165) is 0 Å². The molecule has 0 aliphatic heterocycles. The number of amides is 5. The van der Waals surface area contributed by atoms with Gasteiger partial charge in [0, 0.05) is 12.8 Å². The first-order valence-corrected chi connectivity index (χ1v) is 10.3. The van der Waals surface area contributed by atoms with Gasteiger partial charge in [-0.15, -0.1) is 0 Å². The van der Waals surface area contributed by atoms with Gasteiger partial charge in [0.1, 0.15) is 18.1 Å². The molecule has 0 heterocycles. The van der Waals surface area contributed by atoms with Crippen LogP contribution in [0.3, 0.4) is 0 Å². The van der Waals surface area contributed by atoms with Gasteiger partial charge in [-0.3, -0.25) is 24.0 Å². The molecule has 0 aliphatic carbocycles. The van der Waals surface area contributed by atoms with Gasteiger partial charge in [-0.05, 0) is 25.7 Å². The average Bonchev–Trinajstić information content (AvgIpc) is 2.71. The number of hydrogen-bond acceptors (Lipinski definition) is 7. The van der Waals surface area contributed by atoms with E-state index in [2.05, 4.69) is 16.0 Å². The van der Waals surface area contributed by atoms with E-state index in [-0.39, 0.29) is 31.6 Å². The Balaban J connectivity index is 5.18. The predicted molar refractivity (Wildman–Crippen MR) is 113 cm³/mol. The van der Waals surface area contributed by atoms with Crippen LogP contribution in [-0.4, -0.2) is 64.8 Å². The summed E-state index contributed by atoms with van der Waals surface area (Å²) in [6.45, 7) is 4.75. The number of aliphatic carboxylic acids is 1. The van der Waals surface area contributed by atoms with Crippen molar-refractivity contribution in [2.45, 2.75) is 77.0 Å². The van der Waals surface area contributed by atoms with Gasteiger partial charge in [0.05, 0.1) is 6.04 Å². The van der Waals surface area contributed by atoms with Crippen molar-refractivity contribution >= 4 is 35.5 Å². The van der Waals surface area contributed by atoms with Crippen LogP contribution >= 0.6 is 0 Å². The van der Waals surface area contributed by atoms with Gasteiger partial charge in [-0.1, -0.05) is 20.3 Å². The number of primary amides is 2. The maximum absolute atomic E-state index is 12.6. The summed E-state index contributed by atoms with van der Waals surface area (Å²) in [6, 6.07) is -4.64. The van der Waals surface area contributed by atoms with Crippen LogP contribution < -0.4 is 33.2 Å². The van der Waals surface area contributed by atoms with Gasteiger partial charge in [0.25, 0.3) is 0 Å². The van der Waals surface area contributed by atoms with E-state index in [1.54, 1.807) is 13.8 Å². The molecule has 13 nitrogen and oxygen atoms in total. The number of nitrogens with two attached hydrogens (primary N) is 3. The lowest BCUT2D eigenvalue weighted by Crippen LogP contribution is -2.57. The van der Waals surface area contributed by atoms with E-state index in [9.17, 15) is 33.9 Å². The summed E-state index contributed by atoms with van der Waals surface area (Å²) in [4.78, 5) is 70.6. The van der Waals surface area contributed by atoms with Crippen LogP contribution in [0.5, 0.6) is 0 Å². The van der Waals surface area contributed by atoms with Gasteiger partial charge < -0.3 is 38.3 Å². The first-order valence-electron chi connectivity index (χ1n) is 10.3. The molecule has 0 aromatic carbocycles. The molecular weight excluding hydrogens is 424 g/mol. The van der Waals surface area contributed by atoms with E-state index in [0.29, 0.717) is 6.42 Å². The van der Waals surface area contributed by atoms with Gasteiger partial charge in [-0.25, -0.2) is 4.79 Å². The van der Waals surface area contributed by atoms with Crippen molar-refractivity contribution in [2.24, 2.45) is 23.1 Å². The van der Waals surface area contributed by atoms with Gasteiger partial charge in [-0.2, -0.15) is 0 Å². The van der Waals surface area contributed by atoms with Crippen molar-refractivity contribution in [1.82, 2.24) is 16.0 Å². The molecule has 0 aromatic heterocycles. The van der Waals surface area contributed by atoms with Crippen molar-refractivity contribution < 1.29 is 33.9 Å². The molecule has 0 fully saturated rings. The Morgan fingerprint density at radius 3 is 1.81 bits per heavy atom. The fourth-order valence-electron chi connectivity index (χ4n) is 2.60. The van der Waals surface area contributed by atoms with E-state index in [1.165, 1.54) is 6.92 Å². The third kappa shape index (κ3) is 10.7. The largest absolute Gasteiger partial charge is 0.480 e. The third-order valence-electron chi connectivity index (χ3n) is 4.88. The average molecular weight is 459 g/mol. The fourth-order valence-corrected chi connectivity index (χ4v) is 2.60. The summed E-state index contributed by atoms with van der Waals surface area (Å²) in [7, 11) is 0. The molecule has 5 atom stereocenters. The molecule has 13 heteroatoms. The van der Waals surface area contributed by atoms with Gasteiger partial charge in [0.15, 0.2) is 0 Å². The lowest BCUT2D eigenvalue weighted by Gasteiger charge is -2.25. The van der Waals surface area contributed by atoms with Crippen molar-refractivity contribution in [3.05, 3.63) is 0 Å². The van der Waals surface area contributed by atoms with Crippen molar-refractivity contribution in [3.63, 3.8) is 0 Å². The molecule has 5 unspecified atom stereocenters. The smallest absolute Gasteiger partial charge is 0.326 e. The Labute approximate surface area is 186 Å². The highest BCUT2D eigenvalue weighted by Gasteiger charge is 2.31.